The van der Waals surface area contributed by atoms with Crippen LogP contribution in [-0.2, 0) is 14.8 Å². The Morgan fingerprint density at radius 1 is 1.17 bits per heavy atom. The highest BCUT2D eigenvalue weighted by Crippen LogP contribution is 2.27. The van der Waals surface area contributed by atoms with Crippen LogP contribution in [0.2, 0.25) is 0 Å². The van der Waals surface area contributed by atoms with Gasteiger partial charge in [0.1, 0.15) is 6.04 Å². The number of sulfonamides is 1. The van der Waals surface area contributed by atoms with Gasteiger partial charge in [0.05, 0.1) is 4.90 Å². The second-order valence-corrected chi connectivity index (χ2v) is 7.27. The van der Waals surface area contributed by atoms with E-state index in [1.54, 1.807) is 24.5 Å². The number of nitrogens with zero attached hydrogens (tertiary/aromatic N) is 2. The molecule has 0 spiro atoms. The third kappa shape index (κ3) is 2.97. The maximum absolute atomic E-state index is 12.6. The van der Waals surface area contributed by atoms with Crippen molar-refractivity contribution in [3.8, 4) is 11.1 Å². The minimum absolute atomic E-state index is 0.110. The van der Waals surface area contributed by atoms with Crippen LogP contribution in [0.15, 0.2) is 53.7 Å². The van der Waals surface area contributed by atoms with Gasteiger partial charge in [-0.15, -0.1) is 0 Å². The van der Waals surface area contributed by atoms with Gasteiger partial charge in [-0.2, -0.15) is 4.31 Å². The van der Waals surface area contributed by atoms with Crippen molar-refractivity contribution in [1.29, 1.82) is 0 Å². The van der Waals surface area contributed by atoms with Gasteiger partial charge in [-0.05, 0) is 42.2 Å². The summed E-state index contributed by atoms with van der Waals surface area (Å²) in [5, 5.41) is 9.17. The second-order valence-electron chi connectivity index (χ2n) is 5.38. The average molecular weight is 332 g/mol. The normalized spacial score (nSPS) is 18.9. The zero-order valence-corrected chi connectivity index (χ0v) is 13.1. The summed E-state index contributed by atoms with van der Waals surface area (Å²) in [6.07, 6.45) is 4.28. The summed E-state index contributed by atoms with van der Waals surface area (Å²) < 4.78 is 26.4. The molecule has 120 valence electrons. The van der Waals surface area contributed by atoms with Crippen LogP contribution in [0, 0.1) is 0 Å². The van der Waals surface area contributed by atoms with Gasteiger partial charge in [0.25, 0.3) is 0 Å². The minimum atomic E-state index is -3.79. The molecule has 0 aliphatic carbocycles. The summed E-state index contributed by atoms with van der Waals surface area (Å²) in [5.41, 5.74) is 1.74. The number of carboxylic acid groups (broad SMARTS) is 1. The molecule has 1 N–H and O–H groups in total. The first kappa shape index (κ1) is 15.6. The fourth-order valence-electron chi connectivity index (χ4n) is 2.76. The van der Waals surface area contributed by atoms with Crippen molar-refractivity contribution in [1.82, 2.24) is 9.29 Å². The Kier molecular flexibility index (Phi) is 4.14. The molecule has 1 fully saturated rings. The highest BCUT2D eigenvalue weighted by atomic mass is 32.2. The molecule has 2 aromatic rings. The van der Waals surface area contributed by atoms with Crippen molar-refractivity contribution in [2.24, 2.45) is 0 Å². The summed E-state index contributed by atoms with van der Waals surface area (Å²) in [6.45, 7) is 0.240. The van der Waals surface area contributed by atoms with Crippen molar-refractivity contribution in [3.05, 3.63) is 48.8 Å². The van der Waals surface area contributed by atoms with Crippen LogP contribution >= 0.6 is 0 Å². The van der Waals surface area contributed by atoms with E-state index in [1.807, 2.05) is 12.1 Å². The fourth-order valence-corrected chi connectivity index (χ4v) is 4.41. The van der Waals surface area contributed by atoms with Crippen LogP contribution < -0.4 is 0 Å². The first-order valence-electron chi connectivity index (χ1n) is 7.25. The van der Waals surface area contributed by atoms with Crippen LogP contribution in [0.1, 0.15) is 12.8 Å². The van der Waals surface area contributed by atoms with Crippen molar-refractivity contribution in [2.75, 3.05) is 6.54 Å². The molecule has 1 aliphatic heterocycles. The van der Waals surface area contributed by atoms with E-state index in [0.29, 0.717) is 12.8 Å². The minimum Gasteiger partial charge on any atom is -0.480 e. The Bertz CT molecular complexity index is 804. The lowest BCUT2D eigenvalue weighted by Gasteiger charge is -2.21. The van der Waals surface area contributed by atoms with E-state index in [0.717, 1.165) is 15.4 Å². The predicted molar refractivity (Wildman–Crippen MR) is 84.2 cm³/mol. The molecule has 0 amide bonds. The quantitative estimate of drug-likeness (QED) is 0.925. The van der Waals surface area contributed by atoms with E-state index in [9.17, 15) is 18.3 Å². The third-order valence-electron chi connectivity index (χ3n) is 3.94. The van der Waals surface area contributed by atoms with Crippen LogP contribution in [0.4, 0.5) is 0 Å². The SMILES string of the molecule is O=C(O)C1CCCN1S(=O)(=O)c1ccc(-c2cccnc2)cc1. The lowest BCUT2D eigenvalue weighted by molar-refractivity contribution is -0.140. The Hall–Kier alpha value is -2.25. The smallest absolute Gasteiger partial charge is 0.322 e. The molecular weight excluding hydrogens is 316 g/mol. The molecule has 0 bridgehead atoms. The molecule has 1 atom stereocenters. The lowest BCUT2D eigenvalue weighted by Crippen LogP contribution is -2.40. The Morgan fingerprint density at radius 3 is 2.52 bits per heavy atom. The molecule has 1 saturated heterocycles. The zero-order valence-electron chi connectivity index (χ0n) is 12.3. The lowest BCUT2D eigenvalue weighted by atomic mass is 10.1. The Labute approximate surface area is 134 Å². The van der Waals surface area contributed by atoms with Gasteiger partial charge in [-0.3, -0.25) is 9.78 Å². The first-order valence-corrected chi connectivity index (χ1v) is 8.69. The molecule has 3 rings (SSSR count). The van der Waals surface area contributed by atoms with E-state index in [2.05, 4.69) is 4.98 Å². The number of carboxylic acids is 1. The number of aromatic nitrogens is 1. The maximum Gasteiger partial charge on any atom is 0.322 e. The molecule has 1 aromatic carbocycles. The molecule has 1 unspecified atom stereocenters. The van der Waals surface area contributed by atoms with E-state index in [1.165, 1.54) is 12.1 Å². The molecule has 23 heavy (non-hydrogen) atoms. The number of carbonyl (C=O) groups is 1. The van der Waals surface area contributed by atoms with E-state index in [-0.39, 0.29) is 11.4 Å². The van der Waals surface area contributed by atoms with Crippen LogP contribution in [0.5, 0.6) is 0 Å². The topological polar surface area (TPSA) is 87.6 Å². The molecule has 0 saturated carbocycles. The van der Waals surface area contributed by atoms with Crippen molar-refractivity contribution >= 4 is 16.0 Å². The number of hydrogen-bond donors (Lipinski definition) is 1. The zero-order chi connectivity index (χ0) is 16.4. The molecule has 0 radical (unpaired) electrons. The first-order chi connectivity index (χ1) is 11.0. The van der Waals surface area contributed by atoms with E-state index >= 15 is 0 Å². The van der Waals surface area contributed by atoms with Crippen molar-refractivity contribution < 1.29 is 18.3 Å². The van der Waals surface area contributed by atoms with Gasteiger partial charge in [0.15, 0.2) is 0 Å². The monoisotopic (exact) mass is 332 g/mol. The van der Waals surface area contributed by atoms with Crippen LogP contribution in [0.25, 0.3) is 11.1 Å². The van der Waals surface area contributed by atoms with E-state index in [4.69, 9.17) is 0 Å². The molecule has 6 nitrogen and oxygen atoms in total. The molecular formula is C16H16N2O4S. The fraction of sp³-hybridized carbons (Fsp3) is 0.250. The largest absolute Gasteiger partial charge is 0.480 e. The second kappa shape index (κ2) is 6.10. The van der Waals surface area contributed by atoms with Gasteiger partial charge in [0, 0.05) is 18.9 Å². The standard InChI is InChI=1S/C16H16N2O4S/c19-16(20)15-4-2-10-18(15)23(21,22)14-7-5-12(6-8-14)13-3-1-9-17-11-13/h1,3,5-9,11,15H,2,4,10H2,(H,19,20). The number of hydrogen-bond acceptors (Lipinski definition) is 4. The van der Waals surface area contributed by atoms with Gasteiger partial charge < -0.3 is 5.11 Å². The summed E-state index contributed by atoms with van der Waals surface area (Å²) >= 11 is 0. The molecule has 7 heteroatoms. The number of benzene rings is 1. The van der Waals surface area contributed by atoms with Gasteiger partial charge in [-0.25, -0.2) is 8.42 Å². The van der Waals surface area contributed by atoms with Crippen LogP contribution in [-0.4, -0.2) is 41.4 Å². The Morgan fingerprint density at radius 2 is 1.91 bits per heavy atom. The number of rotatable bonds is 4. The third-order valence-corrected chi connectivity index (χ3v) is 5.87. The molecule has 2 heterocycles. The highest BCUT2D eigenvalue weighted by molar-refractivity contribution is 7.89. The Balaban J connectivity index is 1.91. The van der Waals surface area contributed by atoms with E-state index < -0.39 is 22.0 Å². The molecule has 1 aliphatic rings. The predicted octanol–water partition coefficient (Wildman–Crippen LogP) is 1.99. The van der Waals surface area contributed by atoms with Crippen molar-refractivity contribution in [2.45, 2.75) is 23.8 Å². The highest BCUT2D eigenvalue weighted by Gasteiger charge is 2.39. The summed E-state index contributed by atoms with van der Waals surface area (Å²) in [4.78, 5) is 15.4. The molecule has 1 aromatic heterocycles. The van der Waals surface area contributed by atoms with Crippen molar-refractivity contribution in [3.63, 3.8) is 0 Å². The van der Waals surface area contributed by atoms with Gasteiger partial charge >= 0.3 is 5.97 Å². The van der Waals surface area contributed by atoms with Gasteiger partial charge in [0.2, 0.25) is 10.0 Å². The summed E-state index contributed by atoms with van der Waals surface area (Å²) in [7, 11) is -3.79. The van der Waals surface area contributed by atoms with Crippen LogP contribution in [0.3, 0.4) is 0 Å². The summed E-state index contributed by atoms with van der Waals surface area (Å²) in [6, 6.07) is 9.15. The summed E-state index contributed by atoms with van der Waals surface area (Å²) in [5.74, 6) is -1.10. The maximum atomic E-state index is 12.6. The number of aliphatic carboxylic acids is 1. The van der Waals surface area contributed by atoms with Gasteiger partial charge in [-0.1, -0.05) is 18.2 Å². The average Bonchev–Trinajstić information content (AvgIpc) is 3.07. The number of pyridine rings is 1.